The summed E-state index contributed by atoms with van der Waals surface area (Å²) in [5, 5.41) is 19.8. The van der Waals surface area contributed by atoms with Crippen molar-refractivity contribution in [3.8, 4) is 0 Å². The van der Waals surface area contributed by atoms with Gasteiger partial charge in [-0.3, -0.25) is 4.79 Å². The Hall–Kier alpha value is -1.40. The fraction of sp³-hybridized carbons (Fsp3) is 0.273. The number of carbonyl (C=O) groups excluding carboxylic acids is 1. The van der Waals surface area contributed by atoms with E-state index in [0.717, 1.165) is 5.56 Å². The van der Waals surface area contributed by atoms with E-state index in [1.807, 2.05) is 13.0 Å². The van der Waals surface area contributed by atoms with Gasteiger partial charge in [0, 0.05) is 4.47 Å². The maximum atomic E-state index is 11.7. The molecule has 0 bridgehead atoms. The molecule has 0 heterocycles. The first kappa shape index (κ1) is 13.7. The predicted octanol–water partition coefficient (Wildman–Crippen LogP) is 0.933. The van der Waals surface area contributed by atoms with Crippen molar-refractivity contribution in [1.82, 2.24) is 5.32 Å². The number of aryl methyl sites for hydroxylation is 1. The van der Waals surface area contributed by atoms with Gasteiger partial charge in [0.05, 0.1) is 12.1 Å². The topological polar surface area (TPSA) is 86.6 Å². The third-order valence-corrected chi connectivity index (χ3v) is 2.80. The maximum absolute atomic E-state index is 11.7. The fourth-order valence-corrected chi connectivity index (χ4v) is 1.61. The summed E-state index contributed by atoms with van der Waals surface area (Å²) in [6.07, 6.45) is -1.59. The van der Waals surface area contributed by atoms with Crippen molar-refractivity contribution in [2.45, 2.75) is 13.0 Å². The summed E-state index contributed by atoms with van der Waals surface area (Å²) in [6, 6.07) is 5.25. The van der Waals surface area contributed by atoms with E-state index in [-0.39, 0.29) is 6.54 Å². The standard InChI is InChI=1S/C11H12BrNO4/c1-6-2-3-8(12)7(4-6)10(15)13-5-9(14)11(16)17/h2-4,9,14H,5H2,1H3,(H,13,15)(H,16,17). The van der Waals surface area contributed by atoms with Gasteiger partial charge in [0.1, 0.15) is 0 Å². The zero-order valence-corrected chi connectivity index (χ0v) is 10.7. The number of aliphatic hydroxyl groups is 1. The number of amides is 1. The number of carbonyl (C=O) groups is 2. The third kappa shape index (κ3) is 3.83. The Balaban J connectivity index is 2.70. The Labute approximate surface area is 107 Å². The van der Waals surface area contributed by atoms with Crippen LogP contribution in [0.2, 0.25) is 0 Å². The van der Waals surface area contributed by atoms with Gasteiger partial charge in [-0.15, -0.1) is 0 Å². The van der Waals surface area contributed by atoms with Gasteiger partial charge in [-0.2, -0.15) is 0 Å². The maximum Gasteiger partial charge on any atom is 0.334 e. The zero-order chi connectivity index (χ0) is 13.0. The molecule has 0 fully saturated rings. The summed E-state index contributed by atoms with van der Waals surface area (Å²) >= 11 is 3.23. The van der Waals surface area contributed by atoms with Gasteiger partial charge >= 0.3 is 5.97 Å². The van der Waals surface area contributed by atoms with Gasteiger partial charge in [-0.05, 0) is 35.0 Å². The van der Waals surface area contributed by atoms with E-state index < -0.39 is 18.0 Å². The minimum atomic E-state index is -1.59. The highest BCUT2D eigenvalue weighted by molar-refractivity contribution is 9.10. The number of rotatable bonds is 4. The van der Waals surface area contributed by atoms with Crippen molar-refractivity contribution >= 4 is 27.8 Å². The normalized spacial score (nSPS) is 11.9. The monoisotopic (exact) mass is 301 g/mol. The molecule has 1 aromatic carbocycles. The van der Waals surface area contributed by atoms with Crippen LogP contribution in [0, 0.1) is 6.92 Å². The number of carboxylic acids is 1. The fourth-order valence-electron chi connectivity index (χ4n) is 1.19. The molecule has 5 nitrogen and oxygen atoms in total. The van der Waals surface area contributed by atoms with E-state index in [2.05, 4.69) is 21.2 Å². The number of aliphatic hydroxyl groups excluding tert-OH is 1. The van der Waals surface area contributed by atoms with E-state index in [0.29, 0.717) is 10.0 Å². The lowest BCUT2D eigenvalue weighted by Gasteiger charge is -2.09. The summed E-state index contributed by atoms with van der Waals surface area (Å²) in [6.45, 7) is 1.52. The van der Waals surface area contributed by atoms with Crippen LogP contribution in [0.4, 0.5) is 0 Å². The molecule has 0 aliphatic carbocycles. The number of carboxylic acid groups (broad SMARTS) is 1. The molecule has 6 heteroatoms. The molecule has 0 radical (unpaired) electrons. The second-order valence-corrected chi connectivity index (χ2v) is 4.40. The van der Waals surface area contributed by atoms with Gasteiger partial charge in [0.2, 0.25) is 0 Å². The van der Waals surface area contributed by atoms with Crippen molar-refractivity contribution < 1.29 is 19.8 Å². The lowest BCUT2D eigenvalue weighted by Crippen LogP contribution is -2.36. The molecular weight excluding hydrogens is 290 g/mol. The minimum Gasteiger partial charge on any atom is -0.479 e. The number of halogens is 1. The van der Waals surface area contributed by atoms with Gasteiger partial charge < -0.3 is 15.5 Å². The molecule has 1 amide bonds. The smallest absolute Gasteiger partial charge is 0.334 e. The van der Waals surface area contributed by atoms with E-state index in [1.54, 1.807) is 12.1 Å². The molecule has 1 rings (SSSR count). The molecule has 1 aromatic rings. The van der Waals surface area contributed by atoms with Crippen LogP contribution in [0.15, 0.2) is 22.7 Å². The first-order chi connectivity index (χ1) is 7.91. The lowest BCUT2D eigenvalue weighted by atomic mass is 10.1. The average Bonchev–Trinajstić information content (AvgIpc) is 2.28. The highest BCUT2D eigenvalue weighted by Crippen LogP contribution is 2.17. The summed E-state index contributed by atoms with van der Waals surface area (Å²) in [4.78, 5) is 22.1. The molecule has 1 unspecified atom stereocenters. The van der Waals surface area contributed by atoms with Crippen LogP contribution in [-0.2, 0) is 4.79 Å². The van der Waals surface area contributed by atoms with E-state index in [4.69, 9.17) is 10.2 Å². The molecule has 92 valence electrons. The molecule has 3 N–H and O–H groups in total. The van der Waals surface area contributed by atoms with Crippen molar-refractivity contribution in [2.75, 3.05) is 6.54 Å². The quantitative estimate of drug-likeness (QED) is 0.772. The molecule has 1 atom stereocenters. The first-order valence-electron chi connectivity index (χ1n) is 4.87. The second-order valence-electron chi connectivity index (χ2n) is 3.55. The highest BCUT2D eigenvalue weighted by atomic mass is 79.9. The van der Waals surface area contributed by atoms with Gasteiger partial charge in [0.25, 0.3) is 5.91 Å². The average molecular weight is 302 g/mol. The van der Waals surface area contributed by atoms with E-state index >= 15 is 0 Å². The van der Waals surface area contributed by atoms with Crippen molar-refractivity contribution in [3.63, 3.8) is 0 Å². The highest BCUT2D eigenvalue weighted by Gasteiger charge is 2.16. The van der Waals surface area contributed by atoms with Gasteiger partial charge in [-0.1, -0.05) is 11.6 Å². The molecule has 17 heavy (non-hydrogen) atoms. The molecule has 0 saturated heterocycles. The van der Waals surface area contributed by atoms with Gasteiger partial charge in [0.15, 0.2) is 6.10 Å². The molecule has 0 aliphatic rings. The Kier molecular flexibility index (Phi) is 4.65. The molecule has 0 saturated carbocycles. The summed E-state index contributed by atoms with van der Waals surface area (Å²) in [5.41, 5.74) is 1.32. The molecule has 0 spiro atoms. The number of hydrogen-bond acceptors (Lipinski definition) is 3. The third-order valence-electron chi connectivity index (χ3n) is 2.11. The summed E-state index contributed by atoms with van der Waals surface area (Å²) < 4.78 is 0.616. The Bertz CT molecular complexity index is 447. The van der Waals surface area contributed by atoms with Crippen molar-refractivity contribution in [3.05, 3.63) is 33.8 Å². The minimum absolute atomic E-state index is 0.325. The largest absolute Gasteiger partial charge is 0.479 e. The van der Waals surface area contributed by atoms with E-state index in [9.17, 15) is 9.59 Å². The Morgan fingerprint density at radius 2 is 2.12 bits per heavy atom. The van der Waals surface area contributed by atoms with Crippen LogP contribution in [0.25, 0.3) is 0 Å². The van der Waals surface area contributed by atoms with Crippen molar-refractivity contribution in [1.29, 1.82) is 0 Å². The lowest BCUT2D eigenvalue weighted by molar-refractivity contribution is -0.146. The number of benzene rings is 1. The first-order valence-corrected chi connectivity index (χ1v) is 5.66. The van der Waals surface area contributed by atoms with Crippen LogP contribution in [0.3, 0.4) is 0 Å². The molecular formula is C11H12BrNO4. The van der Waals surface area contributed by atoms with Crippen molar-refractivity contribution in [2.24, 2.45) is 0 Å². The summed E-state index contributed by atoms with van der Waals surface area (Å²) in [7, 11) is 0. The van der Waals surface area contributed by atoms with E-state index in [1.165, 1.54) is 0 Å². The van der Waals surface area contributed by atoms with Crippen LogP contribution in [-0.4, -0.2) is 34.7 Å². The summed E-state index contributed by atoms with van der Waals surface area (Å²) in [5.74, 6) is -1.80. The number of hydrogen-bond donors (Lipinski definition) is 3. The van der Waals surface area contributed by atoms with Crippen LogP contribution < -0.4 is 5.32 Å². The number of nitrogens with one attached hydrogen (secondary N) is 1. The van der Waals surface area contributed by atoms with Gasteiger partial charge in [-0.25, -0.2) is 4.79 Å². The predicted molar refractivity (Wildman–Crippen MR) is 64.9 cm³/mol. The second kappa shape index (κ2) is 5.79. The van der Waals surface area contributed by atoms with Crippen LogP contribution >= 0.6 is 15.9 Å². The zero-order valence-electron chi connectivity index (χ0n) is 9.11. The Morgan fingerprint density at radius 3 is 2.71 bits per heavy atom. The molecule has 0 aliphatic heterocycles. The van der Waals surface area contributed by atoms with Crippen LogP contribution in [0.1, 0.15) is 15.9 Å². The van der Waals surface area contributed by atoms with Crippen LogP contribution in [0.5, 0.6) is 0 Å². The Morgan fingerprint density at radius 1 is 1.47 bits per heavy atom. The number of aliphatic carboxylic acids is 1. The molecule has 0 aromatic heterocycles. The SMILES string of the molecule is Cc1ccc(Br)c(C(=O)NCC(O)C(=O)O)c1.